The Morgan fingerprint density at radius 3 is 2.68 bits per heavy atom. The summed E-state index contributed by atoms with van der Waals surface area (Å²) in [6.45, 7) is 5.21. The summed E-state index contributed by atoms with van der Waals surface area (Å²) in [7, 11) is -3.36. The molecule has 0 spiro atoms. The van der Waals surface area contributed by atoms with E-state index in [2.05, 4.69) is 11.6 Å². The van der Waals surface area contributed by atoms with E-state index in [1.807, 2.05) is 6.92 Å². The maximum atomic E-state index is 12.3. The summed E-state index contributed by atoms with van der Waals surface area (Å²) >= 11 is 0. The molecule has 1 fully saturated rings. The van der Waals surface area contributed by atoms with E-state index < -0.39 is 10.2 Å². The van der Waals surface area contributed by atoms with Crippen molar-refractivity contribution in [2.45, 2.75) is 58.4 Å². The molecule has 5 nitrogen and oxygen atoms in total. The molecule has 6 heteroatoms. The second-order valence-corrected chi connectivity index (χ2v) is 7.18. The summed E-state index contributed by atoms with van der Waals surface area (Å²) < 4.78 is 28.8. The van der Waals surface area contributed by atoms with Crippen molar-refractivity contribution in [2.75, 3.05) is 19.7 Å². The molecule has 1 rings (SSSR count). The van der Waals surface area contributed by atoms with Crippen molar-refractivity contribution >= 4 is 10.2 Å². The Morgan fingerprint density at radius 1 is 1.37 bits per heavy atom. The van der Waals surface area contributed by atoms with Crippen molar-refractivity contribution in [1.29, 1.82) is 0 Å². The molecule has 1 aliphatic heterocycles. The first-order chi connectivity index (χ1) is 9.01. The van der Waals surface area contributed by atoms with Gasteiger partial charge < -0.3 is 5.11 Å². The molecule has 0 aromatic heterocycles. The van der Waals surface area contributed by atoms with Crippen LogP contribution in [0.5, 0.6) is 0 Å². The molecule has 1 saturated heterocycles. The van der Waals surface area contributed by atoms with E-state index in [1.54, 1.807) is 4.31 Å². The first-order valence-electron chi connectivity index (χ1n) is 7.38. The molecule has 0 aromatic carbocycles. The molecule has 0 amide bonds. The Balaban J connectivity index is 2.53. The predicted octanol–water partition coefficient (Wildman–Crippen LogP) is 1.49. The van der Waals surface area contributed by atoms with Crippen LogP contribution in [-0.2, 0) is 10.2 Å². The quantitative estimate of drug-likeness (QED) is 0.712. The van der Waals surface area contributed by atoms with E-state index >= 15 is 0 Å². The van der Waals surface area contributed by atoms with Crippen LogP contribution in [0.25, 0.3) is 0 Å². The van der Waals surface area contributed by atoms with Gasteiger partial charge in [0.15, 0.2) is 0 Å². The van der Waals surface area contributed by atoms with Gasteiger partial charge in [-0.3, -0.25) is 0 Å². The number of nitrogens with one attached hydrogen (secondary N) is 1. The van der Waals surface area contributed by atoms with Gasteiger partial charge in [0.1, 0.15) is 0 Å². The number of aliphatic hydroxyl groups is 1. The van der Waals surface area contributed by atoms with Gasteiger partial charge in [0.05, 0.1) is 0 Å². The fourth-order valence-electron chi connectivity index (χ4n) is 2.67. The fourth-order valence-corrected chi connectivity index (χ4v) is 4.24. The lowest BCUT2D eigenvalue weighted by atomic mass is 10.0. The highest BCUT2D eigenvalue weighted by Crippen LogP contribution is 2.19. The Bertz CT molecular complexity index is 340. The molecular formula is C13H28N2O3S. The zero-order valence-corrected chi connectivity index (χ0v) is 13.0. The lowest BCUT2D eigenvalue weighted by Gasteiger charge is -2.32. The first-order valence-corrected chi connectivity index (χ1v) is 8.82. The van der Waals surface area contributed by atoms with E-state index in [-0.39, 0.29) is 18.6 Å². The van der Waals surface area contributed by atoms with Gasteiger partial charge in [0.2, 0.25) is 0 Å². The van der Waals surface area contributed by atoms with Crippen molar-refractivity contribution < 1.29 is 13.5 Å². The molecule has 1 aliphatic rings. The molecule has 2 atom stereocenters. The molecule has 2 N–H and O–H groups in total. The van der Waals surface area contributed by atoms with Crippen LogP contribution in [-0.4, -0.2) is 43.6 Å². The maximum Gasteiger partial charge on any atom is 0.279 e. The van der Waals surface area contributed by atoms with Gasteiger partial charge in [0, 0.05) is 25.7 Å². The third-order valence-corrected chi connectivity index (χ3v) is 5.53. The van der Waals surface area contributed by atoms with Crippen LogP contribution in [0, 0.1) is 5.92 Å². The summed E-state index contributed by atoms with van der Waals surface area (Å²) in [5.41, 5.74) is 0. The van der Waals surface area contributed by atoms with Gasteiger partial charge in [-0.05, 0) is 38.5 Å². The molecule has 0 aromatic rings. The van der Waals surface area contributed by atoms with E-state index in [4.69, 9.17) is 5.11 Å². The average Bonchev–Trinajstić information content (AvgIpc) is 2.37. The van der Waals surface area contributed by atoms with Crippen LogP contribution in [0.3, 0.4) is 0 Å². The van der Waals surface area contributed by atoms with Crippen molar-refractivity contribution in [3.8, 4) is 0 Å². The number of aliphatic hydroxyl groups excluding tert-OH is 1. The average molecular weight is 292 g/mol. The van der Waals surface area contributed by atoms with Crippen molar-refractivity contribution in [2.24, 2.45) is 5.92 Å². The second kappa shape index (κ2) is 8.19. The first kappa shape index (κ1) is 16.9. The third-order valence-electron chi connectivity index (χ3n) is 3.84. The lowest BCUT2D eigenvalue weighted by Crippen LogP contribution is -2.48. The highest BCUT2D eigenvalue weighted by Gasteiger charge is 2.29. The summed E-state index contributed by atoms with van der Waals surface area (Å²) in [6.07, 6.45) is 5.60. The minimum Gasteiger partial charge on any atom is -0.396 e. The number of piperidine rings is 1. The van der Waals surface area contributed by atoms with E-state index in [1.165, 1.54) is 0 Å². The normalized spacial score (nSPS) is 23.4. The predicted molar refractivity (Wildman–Crippen MR) is 77.0 cm³/mol. The number of hydrogen-bond donors (Lipinski definition) is 2. The Hall–Kier alpha value is -0.170. The number of nitrogens with zero attached hydrogens (tertiary/aromatic N) is 1. The Morgan fingerprint density at radius 2 is 2.11 bits per heavy atom. The summed E-state index contributed by atoms with van der Waals surface area (Å²) in [5.74, 6) is 0.227. The van der Waals surface area contributed by atoms with Crippen molar-refractivity contribution in [3.63, 3.8) is 0 Å². The van der Waals surface area contributed by atoms with Crippen molar-refractivity contribution in [1.82, 2.24) is 9.03 Å². The molecular weight excluding hydrogens is 264 g/mol. The van der Waals surface area contributed by atoms with Gasteiger partial charge in [-0.2, -0.15) is 12.7 Å². The summed E-state index contributed by atoms with van der Waals surface area (Å²) in [4.78, 5) is 0. The Kier molecular flexibility index (Phi) is 7.28. The van der Waals surface area contributed by atoms with Gasteiger partial charge >= 0.3 is 0 Å². The van der Waals surface area contributed by atoms with E-state index in [0.717, 1.165) is 32.1 Å². The zero-order chi connectivity index (χ0) is 14.3. The molecule has 0 saturated carbocycles. The largest absolute Gasteiger partial charge is 0.396 e. The standard InChI is InChI=1S/C13H28N2O3S/c1-3-6-13(8-10-16)11-14-19(17,18)15-9-5-4-7-12(15)2/h12-14,16H,3-11H2,1-2H3. The van der Waals surface area contributed by atoms with Crippen LogP contribution in [0.4, 0.5) is 0 Å². The van der Waals surface area contributed by atoms with Gasteiger partial charge in [-0.1, -0.05) is 19.8 Å². The molecule has 2 unspecified atom stereocenters. The SMILES string of the molecule is CCCC(CCO)CNS(=O)(=O)N1CCCCC1C. The second-order valence-electron chi connectivity index (χ2n) is 5.48. The number of rotatable bonds is 8. The molecule has 1 heterocycles. The van der Waals surface area contributed by atoms with Gasteiger partial charge in [-0.15, -0.1) is 0 Å². The molecule has 0 radical (unpaired) electrons. The Labute approximate surface area is 117 Å². The van der Waals surface area contributed by atoms with E-state index in [9.17, 15) is 8.42 Å². The highest BCUT2D eigenvalue weighted by atomic mass is 32.2. The topological polar surface area (TPSA) is 69.6 Å². The fraction of sp³-hybridized carbons (Fsp3) is 1.00. The number of hydrogen-bond acceptors (Lipinski definition) is 3. The van der Waals surface area contributed by atoms with Crippen LogP contribution < -0.4 is 4.72 Å². The summed E-state index contributed by atoms with van der Waals surface area (Å²) in [5, 5.41) is 9.00. The van der Waals surface area contributed by atoms with Crippen molar-refractivity contribution in [3.05, 3.63) is 0 Å². The van der Waals surface area contributed by atoms with Gasteiger partial charge in [-0.25, -0.2) is 4.72 Å². The smallest absolute Gasteiger partial charge is 0.279 e. The molecule has 0 aliphatic carbocycles. The summed E-state index contributed by atoms with van der Waals surface area (Å²) in [6, 6.07) is 0.0914. The third kappa shape index (κ3) is 5.38. The molecule has 19 heavy (non-hydrogen) atoms. The maximum absolute atomic E-state index is 12.3. The molecule has 0 bridgehead atoms. The van der Waals surface area contributed by atoms with Crippen LogP contribution >= 0.6 is 0 Å². The van der Waals surface area contributed by atoms with Gasteiger partial charge in [0.25, 0.3) is 10.2 Å². The van der Waals surface area contributed by atoms with Crippen LogP contribution in [0.15, 0.2) is 0 Å². The van der Waals surface area contributed by atoms with E-state index in [0.29, 0.717) is 19.5 Å². The monoisotopic (exact) mass is 292 g/mol. The lowest BCUT2D eigenvalue weighted by molar-refractivity contribution is 0.246. The minimum atomic E-state index is -3.36. The zero-order valence-electron chi connectivity index (χ0n) is 12.1. The van der Waals surface area contributed by atoms with Crippen LogP contribution in [0.1, 0.15) is 52.4 Å². The molecule has 114 valence electrons. The highest BCUT2D eigenvalue weighted by molar-refractivity contribution is 7.87. The van der Waals surface area contributed by atoms with Crippen LogP contribution in [0.2, 0.25) is 0 Å². The minimum absolute atomic E-state index is 0.0914.